The van der Waals surface area contributed by atoms with Gasteiger partial charge in [-0.1, -0.05) is 49.6 Å². The average Bonchev–Trinajstić information content (AvgIpc) is 2.68. The third-order valence-electron chi connectivity index (χ3n) is 5.36. The van der Waals surface area contributed by atoms with Crippen molar-refractivity contribution in [2.45, 2.75) is 44.8 Å². The third-order valence-corrected chi connectivity index (χ3v) is 6.43. The van der Waals surface area contributed by atoms with Crippen molar-refractivity contribution in [3.8, 4) is 6.07 Å². The number of hydrogen-bond donors (Lipinski definition) is 1. The van der Waals surface area contributed by atoms with Gasteiger partial charge in [0.15, 0.2) is 0 Å². The molecule has 1 aromatic rings. The lowest BCUT2D eigenvalue weighted by Gasteiger charge is -2.44. The Morgan fingerprint density at radius 1 is 1.30 bits per heavy atom. The fourth-order valence-electron chi connectivity index (χ4n) is 4.11. The van der Waals surface area contributed by atoms with E-state index in [1.807, 2.05) is 30.3 Å². The van der Waals surface area contributed by atoms with Crippen LogP contribution in [0.2, 0.25) is 0 Å². The van der Waals surface area contributed by atoms with Crippen LogP contribution in [-0.2, 0) is 20.1 Å². The normalized spacial score (nSPS) is 21.5. The Bertz CT molecular complexity index is 776. The number of nitrogens with zero attached hydrogens (tertiary/aromatic N) is 1. The maximum Gasteiger partial charge on any atom is 0.337 e. The molecule has 142 valence electrons. The summed E-state index contributed by atoms with van der Waals surface area (Å²) < 4.78 is 5.35. The number of carbonyl (C=O) groups excluding carboxylic acids is 2. The van der Waals surface area contributed by atoms with Gasteiger partial charge in [0.05, 0.1) is 23.3 Å². The molecular weight excluding hydrogens is 360 g/mol. The Hall–Kier alpha value is -2.26. The van der Waals surface area contributed by atoms with Gasteiger partial charge >= 0.3 is 5.97 Å². The fourth-order valence-corrected chi connectivity index (χ4v) is 5.22. The number of thioether (sulfide) groups is 1. The molecule has 0 bridgehead atoms. The van der Waals surface area contributed by atoms with Crippen LogP contribution in [0.25, 0.3) is 0 Å². The quantitative estimate of drug-likeness (QED) is 0.779. The molecule has 1 amide bonds. The van der Waals surface area contributed by atoms with Gasteiger partial charge in [0.2, 0.25) is 5.91 Å². The van der Waals surface area contributed by atoms with Crippen LogP contribution in [0.15, 0.2) is 40.9 Å². The minimum atomic E-state index is -0.849. The Labute approximate surface area is 164 Å². The summed E-state index contributed by atoms with van der Waals surface area (Å²) in [6.07, 6.45) is 4.21. The average molecular weight is 385 g/mol. The molecule has 1 spiro atoms. The molecule has 1 aromatic carbocycles. The summed E-state index contributed by atoms with van der Waals surface area (Å²) >= 11 is 1.43. The van der Waals surface area contributed by atoms with Crippen LogP contribution < -0.4 is 5.32 Å². The van der Waals surface area contributed by atoms with Gasteiger partial charge in [-0.15, -0.1) is 11.8 Å². The fraction of sp³-hybridized carbons (Fsp3) is 0.476. The van der Waals surface area contributed by atoms with Crippen molar-refractivity contribution >= 4 is 23.6 Å². The maximum atomic E-state index is 12.9. The molecule has 6 heteroatoms. The number of ether oxygens (including phenoxy) is 1. The van der Waals surface area contributed by atoms with E-state index in [1.165, 1.54) is 11.8 Å². The predicted molar refractivity (Wildman–Crippen MR) is 104 cm³/mol. The number of hydrogen-bond acceptors (Lipinski definition) is 5. The van der Waals surface area contributed by atoms with Crippen LogP contribution >= 0.6 is 11.8 Å². The molecule has 3 rings (SSSR count). The van der Waals surface area contributed by atoms with Crippen molar-refractivity contribution in [1.82, 2.24) is 5.32 Å². The minimum absolute atomic E-state index is 0.264. The van der Waals surface area contributed by atoms with E-state index in [-0.39, 0.29) is 12.5 Å². The third kappa shape index (κ3) is 3.89. The van der Waals surface area contributed by atoms with Gasteiger partial charge < -0.3 is 10.1 Å². The lowest BCUT2D eigenvalue weighted by Crippen LogP contribution is -2.50. The van der Waals surface area contributed by atoms with Crippen LogP contribution in [0.5, 0.6) is 0 Å². The van der Waals surface area contributed by atoms with Crippen molar-refractivity contribution in [3.63, 3.8) is 0 Å². The molecule has 1 N–H and O–H groups in total. The zero-order chi connectivity index (χ0) is 19.3. The first kappa shape index (κ1) is 19.5. The molecule has 0 aromatic heterocycles. The molecule has 5 nitrogen and oxygen atoms in total. The van der Waals surface area contributed by atoms with Gasteiger partial charge in [0, 0.05) is 11.2 Å². The number of esters is 1. The van der Waals surface area contributed by atoms with Gasteiger partial charge in [0.25, 0.3) is 0 Å². The highest BCUT2D eigenvalue weighted by Crippen LogP contribution is 2.52. The molecule has 1 aliphatic carbocycles. The highest BCUT2D eigenvalue weighted by molar-refractivity contribution is 8.02. The summed E-state index contributed by atoms with van der Waals surface area (Å²) in [6, 6.07) is 12.1. The van der Waals surface area contributed by atoms with Crippen molar-refractivity contribution in [1.29, 1.82) is 5.26 Å². The SMILES string of the molecule is CCOC(=O)C1=C(SCc2ccccc2)NC(=O)[C@@H](C#N)C12CCCCC2. The topological polar surface area (TPSA) is 79.2 Å². The summed E-state index contributed by atoms with van der Waals surface area (Å²) in [5.74, 6) is -0.927. The van der Waals surface area contributed by atoms with E-state index >= 15 is 0 Å². The molecule has 0 saturated heterocycles. The molecule has 0 radical (unpaired) electrons. The summed E-state index contributed by atoms with van der Waals surface area (Å²) in [5.41, 5.74) is 0.865. The maximum absolute atomic E-state index is 12.9. The molecule has 0 unspecified atom stereocenters. The first-order valence-electron chi connectivity index (χ1n) is 9.41. The Morgan fingerprint density at radius 2 is 2.00 bits per heavy atom. The van der Waals surface area contributed by atoms with E-state index in [2.05, 4.69) is 11.4 Å². The summed E-state index contributed by atoms with van der Waals surface area (Å²) in [6.45, 7) is 2.03. The van der Waals surface area contributed by atoms with Gasteiger partial charge in [-0.2, -0.15) is 5.26 Å². The minimum Gasteiger partial charge on any atom is -0.463 e. The molecular formula is C21H24N2O3S. The van der Waals surface area contributed by atoms with Crippen LogP contribution in [0.3, 0.4) is 0 Å². The number of rotatable bonds is 5. The Morgan fingerprint density at radius 3 is 2.63 bits per heavy atom. The number of benzene rings is 1. The molecule has 1 saturated carbocycles. The van der Waals surface area contributed by atoms with Crippen molar-refractivity contribution in [3.05, 3.63) is 46.5 Å². The van der Waals surface area contributed by atoms with Crippen LogP contribution in [0.1, 0.15) is 44.6 Å². The zero-order valence-electron chi connectivity index (χ0n) is 15.5. The van der Waals surface area contributed by atoms with E-state index < -0.39 is 17.3 Å². The molecule has 1 heterocycles. The summed E-state index contributed by atoms with van der Waals surface area (Å²) in [4.78, 5) is 25.6. The molecule has 1 fully saturated rings. The van der Waals surface area contributed by atoms with Crippen LogP contribution in [0, 0.1) is 22.7 Å². The monoisotopic (exact) mass is 384 g/mol. The lowest BCUT2D eigenvalue weighted by atomic mass is 9.60. The largest absolute Gasteiger partial charge is 0.463 e. The molecule has 1 aliphatic heterocycles. The van der Waals surface area contributed by atoms with E-state index in [1.54, 1.807) is 6.92 Å². The standard InChI is InChI=1S/C21H24N2O3S/c1-2-26-20(25)17-19(27-14-15-9-5-3-6-10-15)23-18(24)16(13-22)21(17)11-7-4-8-12-21/h3,5-6,9-10,16H,2,4,7-8,11-12,14H2,1H3,(H,23,24)/t16-/m1/s1. The van der Waals surface area contributed by atoms with E-state index in [4.69, 9.17) is 4.74 Å². The zero-order valence-corrected chi connectivity index (χ0v) is 16.3. The number of amides is 1. The van der Waals surface area contributed by atoms with Crippen LogP contribution in [0.4, 0.5) is 0 Å². The van der Waals surface area contributed by atoms with Crippen molar-refractivity contribution in [2.75, 3.05) is 6.61 Å². The highest BCUT2D eigenvalue weighted by Gasteiger charge is 2.53. The van der Waals surface area contributed by atoms with Crippen molar-refractivity contribution in [2.24, 2.45) is 11.3 Å². The predicted octanol–water partition coefficient (Wildman–Crippen LogP) is 3.91. The second-order valence-electron chi connectivity index (χ2n) is 6.97. The van der Waals surface area contributed by atoms with E-state index in [9.17, 15) is 14.9 Å². The Balaban J connectivity index is 2.02. The number of nitriles is 1. The van der Waals surface area contributed by atoms with Gasteiger partial charge in [0.1, 0.15) is 5.92 Å². The second kappa shape index (κ2) is 8.62. The second-order valence-corrected chi connectivity index (χ2v) is 7.95. The number of nitrogens with one attached hydrogen (secondary N) is 1. The summed E-state index contributed by atoms with van der Waals surface area (Å²) in [5, 5.41) is 13.1. The smallest absolute Gasteiger partial charge is 0.337 e. The van der Waals surface area contributed by atoms with E-state index in [0.717, 1.165) is 24.8 Å². The number of carbonyl (C=O) groups is 2. The van der Waals surface area contributed by atoms with Gasteiger partial charge in [-0.05, 0) is 25.3 Å². The van der Waals surface area contributed by atoms with Gasteiger partial charge in [-0.25, -0.2) is 4.79 Å². The molecule has 27 heavy (non-hydrogen) atoms. The Kier molecular flexibility index (Phi) is 6.22. The molecule has 2 aliphatic rings. The molecule has 1 atom stereocenters. The highest BCUT2D eigenvalue weighted by atomic mass is 32.2. The van der Waals surface area contributed by atoms with E-state index in [0.29, 0.717) is 29.2 Å². The summed E-state index contributed by atoms with van der Waals surface area (Å²) in [7, 11) is 0. The van der Waals surface area contributed by atoms with Crippen LogP contribution in [-0.4, -0.2) is 18.5 Å². The first-order valence-corrected chi connectivity index (χ1v) is 10.4. The van der Waals surface area contributed by atoms with Gasteiger partial charge in [-0.3, -0.25) is 4.79 Å². The van der Waals surface area contributed by atoms with Crippen molar-refractivity contribution < 1.29 is 14.3 Å². The lowest BCUT2D eigenvalue weighted by molar-refractivity contribution is -0.141. The first-order chi connectivity index (χ1) is 13.1.